The van der Waals surface area contributed by atoms with Crippen molar-refractivity contribution in [1.82, 2.24) is 9.62 Å². The number of hydrogen-bond acceptors (Lipinski definition) is 4. The largest absolute Gasteiger partial charge is 0.379 e. The molecule has 9 heteroatoms. The summed E-state index contributed by atoms with van der Waals surface area (Å²) < 4.78 is 31.9. The molecule has 0 radical (unpaired) electrons. The van der Waals surface area contributed by atoms with Crippen LogP contribution in [0.3, 0.4) is 0 Å². The van der Waals surface area contributed by atoms with Gasteiger partial charge in [-0.15, -0.1) is 0 Å². The Labute approximate surface area is 174 Å². The van der Waals surface area contributed by atoms with Crippen LogP contribution in [0.25, 0.3) is 0 Å². The predicted octanol–water partition coefficient (Wildman–Crippen LogP) is 3.51. The number of morpholine rings is 1. The maximum absolute atomic E-state index is 12.6. The van der Waals surface area contributed by atoms with Crippen molar-refractivity contribution in [3.8, 4) is 0 Å². The predicted molar refractivity (Wildman–Crippen MR) is 108 cm³/mol. The maximum atomic E-state index is 12.6. The number of halogens is 2. The van der Waals surface area contributed by atoms with Gasteiger partial charge in [0, 0.05) is 18.7 Å². The molecule has 0 bridgehead atoms. The van der Waals surface area contributed by atoms with Gasteiger partial charge in [0.2, 0.25) is 10.0 Å². The molecule has 0 spiro atoms. The topological polar surface area (TPSA) is 75.7 Å². The molecule has 1 aliphatic heterocycles. The Balaban J connectivity index is 1.70. The molecule has 2 aromatic carbocycles. The average Bonchev–Trinajstić information content (AvgIpc) is 2.70. The summed E-state index contributed by atoms with van der Waals surface area (Å²) in [7, 11) is -3.58. The second-order valence-electron chi connectivity index (χ2n) is 6.41. The highest BCUT2D eigenvalue weighted by Crippen LogP contribution is 2.26. The van der Waals surface area contributed by atoms with Crippen LogP contribution in [0.4, 0.5) is 0 Å². The van der Waals surface area contributed by atoms with E-state index in [1.807, 2.05) is 6.92 Å². The van der Waals surface area contributed by atoms with E-state index in [9.17, 15) is 13.2 Å². The Morgan fingerprint density at radius 3 is 2.32 bits per heavy atom. The number of carbonyl (C=O) groups is 1. The first kappa shape index (κ1) is 21.1. The Morgan fingerprint density at radius 1 is 1.07 bits per heavy atom. The monoisotopic (exact) mass is 442 g/mol. The molecule has 3 rings (SSSR count). The van der Waals surface area contributed by atoms with E-state index in [0.29, 0.717) is 41.9 Å². The van der Waals surface area contributed by atoms with Gasteiger partial charge >= 0.3 is 0 Å². The summed E-state index contributed by atoms with van der Waals surface area (Å²) in [6.45, 7) is 3.24. The third kappa shape index (κ3) is 4.67. The van der Waals surface area contributed by atoms with Gasteiger partial charge in [-0.25, -0.2) is 8.42 Å². The summed E-state index contributed by atoms with van der Waals surface area (Å²) in [5, 5.41) is 3.72. The molecule has 28 heavy (non-hydrogen) atoms. The number of hydrogen-bond donors (Lipinski definition) is 1. The van der Waals surface area contributed by atoms with Crippen molar-refractivity contribution in [2.24, 2.45) is 0 Å². The van der Waals surface area contributed by atoms with Crippen LogP contribution in [-0.4, -0.2) is 44.9 Å². The van der Waals surface area contributed by atoms with E-state index in [2.05, 4.69) is 5.32 Å². The molecule has 1 N–H and O–H groups in total. The first-order valence-electron chi connectivity index (χ1n) is 8.73. The molecule has 1 heterocycles. The van der Waals surface area contributed by atoms with Gasteiger partial charge in [0.05, 0.1) is 34.2 Å². The first-order chi connectivity index (χ1) is 13.3. The quantitative estimate of drug-likeness (QED) is 0.768. The molecule has 1 saturated heterocycles. The van der Waals surface area contributed by atoms with E-state index in [0.717, 1.165) is 5.56 Å². The van der Waals surface area contributed by atoms with Gasteiger partial charge in [-0.05, 0) is 48.9 Å². The highest BCUT2D eigenvalue weighted by Gasteiger charge is 2.26. The van der Waals surface area contributed by atoms with E-state index in [-0.39, 0.29) is 16.8 Å². The minimum atomic E-state index is -3.58. The lowest BCUT2D eigenvalue weighted by atomic mass is 10.1. The molecule has 1 unspecified atom stereocenters. The fourth-order valence-corrected chi connectivity index (χ4v) is 4.57. The fraction of sp³-hybridized carbons (Fsp3) is 0.316. The second-order valence-corrected chi connectivity index (χ2v) is 9.16. The molecule has 1 aliphatic rings. The summed E-state index contributed by atoms with van der Waals surface area (Å²) in [6, 6.07) is 10.8. The molecule has 6 nitrogen and oxygen atoms in total. The molecule has 150 valence electrons. The number of carbonyl (C=O) groups excluding carboxylic acids is 1. The van der Waals surface area contributed by atoms with Crippen molar-refractivity contribution in [2.75, 3.05) is 26.3 Å². The lowest BCUT2D eigenvalue weighted by molar-refractivity contribution is 0.0730. The van der Waals surface area contributed by atoms with Gasteiger partial charge in [-0.3, -0.25) is 4.79 Å². The average molecular weight is 443 g/mol. The van der Waals surface area contributed by atoms with Crippen LogP contribution in [0.15, 0.2) is 47.4 Å². The first-order valence-corrected chi connectivity index (χ1v) is 10.9. The molecular weight excluding hydrogens is 423 g/mol. The van der Waals surface area contributed by atoms with Gasteiger partial charge < -0.3 is 10.1 Å². The van der Waals surface area contributed by atoms with Gasteiger partial charge in [0.1, 0.15) is 0 Å². The van der Waals surface area contributed by atoms with E-state index in [1.165, 1.54) is 28.6 Å². The van der Waals surface area contributed by atoms with Crippen LogP contribution in [0.5, 0.6) is 0 Å². The molecule has 0 aliphatic carbocycles. The molecule has 0 saturated carbocycles. The number of benzene rings is 2. The standard InChI is InChI=1S/C19H20Cl2N2O4S/c1-13(15-4-7-17(20)18(21)12-15)22-19(24)14-2-5-16(6-3-14)28(25,26)23-8-10-27-11-9-23/h2-7,12-13H,8-11H2,1H3,(H,22,24). The molecule has 1 fully saturated rings. The van der Waals surface area contributed by atoms with Crippen LogP contribution in [0.2, 0.25) is 10.0 Å². The van der Waals surface area contributed by atoms with Gasteiger partial charge in [-0.1, -0.05) is 29.3 Å². The summed E-state index contributed by atoms with van der Waals surface area (Å²) in [5.41, 5.74) is 1.18. The lowest BCUT2D eigenvalue weighted by Gasteiger charge is -2.26. The second kappa shape index (κ2) is 8.80. The smallest absolute Gasteiger partial charge is 0.251 e. The van der Waals surface area contributed by atoms with E-state index in [4.69, 9.17) is 27.9 Å². The number of amides is 1. The summed E-state index contributed by atoms with van der Waals surface area (Å²) in [6.07, 6.45) is 0. The number of nitrogens with one attached hydrogen (secondary N) is 1. The number of ether oxygens (including phenoxy) is 1. The van der Waals surface area contributed by atoms with Crippen molar-refractivity contribution < 1.29 is 17.9 Å². The van der Waals surface area contributed by atoms with E-state index < -0.39 is 10.0 Å². The van der Waals surface area contributed by atoms with Crippen LogP contribution in [0.1, 0.15) is 28.9 Å². The Bertz CT molecular complexity index is 958. The fourth-order valence-electron chi connectivity index (χ4n) is 2.86. The van der Waals surface area contributed by atoms with Crippen molar-refractivity contribution >= 4 is 39.1 Å². The minimum Gasteiger partial charge on any atom is -0.379 e. The molecular formula is C19H20Cl2N2O4S. The Hall–Kier alpha value is -1.64. The molecule has 1 atom stereocenters. The summed E-state index contributed by atoms with van der Waals surface area (Å²) in [4.78, 5) is 12.7. The molecule has 0 aromatic heterocycles. The molecule has 1 amide bonds. The van der Waals surface area contributed by atoms with Crippen LogP contribution >= 0.6 is 23.2 Å². The maximum Gasteiger partial charge on any atom is 0.251 e. The highest BCUT2D eigenvalue weighted by molar-refractivity contribution is 7.89. The van der Waals surface area contributed by atoms with Crippen LogP contribution in [0, 0.1) is 0 Å². The van der Waals surface area contributed by atoms with Gasteiger partial charge in [0.15, 0.2) is 0 Å². The number of rotatable bonds is 5. The normalized spacial score (nSPS) is 16.5. The van der Waals surface area contributed by atoms with Crippen molar-refractivity contribution in [2.45, 2.75) is 17.9 Å². The van der Waals surface area contributed by atoms with E-state index >= 15 is 0 Å². The van der Waals surface area contributed by atoms with Gasteiger partial charge in [-0.2, -0.15) is 4.31 Å². The zero-order valence-corrected chi connectivity index (χ0v) is 17.5. The summed E-state index contributed by atoms with van der Waals surface area (Å²) >= 11 is 11.9. The highest BCUT2D eigenvalue weighted by atomic mass is 35.5. The SMILES string of the molecule is CC(NC(=O)c1ccc(S(=O)(=O)N2CCOCC2)cc1)c1ccc(Cl)c(Cl)c1. The zero-order chi connectivity index (χ0) is 20.3. The third-order valence-electron chi connectivity index (χ3n) is 4.52. The Morgan fingerprint density at radius 2 is 1.71 bits per heavy atom. The van der Waals surface area contributed by atoms with Crippen molar-refractivity contribution in [3.05, 3.63) is 63.6 Å². The minimum absolute atomic E-state index is 0.156. The third-order valence-corrected chi connectivity index (χ3v) is 7.17. The van der Waals surface area contributed by atoms with Crippen molar-refractivity contribution in [3.63, 3.8) is 0 Å². The van der Waals surface area contributed by atoms with Gasteiger partial charge in [0.25, 0.3) is 5.91 Å². The summed E-state index contributed by atoms with van der Waals surface area (Å²) in [5.74, 6) is -0.311. The molecule has 2 aromatic rings. The Kier molecular flexibility index (Phi) is 6.62. The lowest BCUT2D eigenvalue weighted by Crippen LogP contribution is -2.40. The van der Waals surface area contributed by atoms with Crippen LogP contribution in [-0.2, 0) is 14.8 Å². The number of nitrogens with zero attached hydrogens (tertiary/aromatic N) is 1. The van der Waals surface area contributed by atoms with Crippen LogP contribution < -0.4 is 5.32 Å². The number of sulfonamides is 1. The zero-order valence-electron chi connectivity index (χ0n) is 15.2. The van der Waals surface area contributed by atoms with E-state index in [1.54, 1.807) is 18.2 Å². The van der Waals surface area contributed by atoms with Crippen molar-refractivity contribution in [1.29, 1.82) is 0 Å².